The summed E-state index contributed by atoms with van der Waals surface area (Å²) in [5.41, 5.74) is 7.44. The third-order valence-corrected chi connectivity index (χ3v) is 2.79. The maximum atomic E-state index is 11.4. The second kappa shape index (κ2) is 5.70. The molecule has 1 aromatic rings. The van der Waals surface area contributed by atoms with Crippen LogP contribution >= 0.6 is 24.4 Å². The number of anilines is 1. The first-order chi connectivity index (χ1) is 7.95. The summed E-state index contributed by atoms with van der Waals surface area (Å²) in [6, 6.07) is 5.11. The Kier molecular flexibility index (Phi) is 4.53. The van der Waals surface area contributed by atoms with E-state index in [1.54, 1.807) is 18.2 Å². The molecule has 0 unspecified atom stereocenters. The molecule has 0 aliphatic rings. The van der Waals surface area contributed by atoms with Crippen LogP contribution in [0.3, 0.4) is 0 Å². The number of methoxy groups -OCH3 is 1. The van der Waals surface area contributed by atoms with Crippen LogP contribution in [0.5, 0.6) is 0 Å². The summed E-state index contributed by atoms with van der Waals surface area (Å²) >= 11 is 9.71. The van der Waals surface area contributed by atoms with E-state index in [1.807, 2.05) is 6.92 Å². The zero-order valence-electron chi connectivity index (χ0n) is 9.44. The predicted molar refractivity (Wildman–Crippen MR) is 75.5 cm³/mol. The number of carbonyl (C=O) groups excluding carboxylic acids is 1. The maximum absolute atomic E-state index is 11.4. The van der Waals surface area contributed by atoms with Crippen LogP contribution in [-0.4, -0.2) is 23.1 Å². The van der Waals surface area contributed by atoms with Crippen molar-refractivity contribution >= 4 is 46.1 Å². The molecule has 0 bridgehead atoms. The molecule has 6 heteroatoms. The lowest BCUT2D eigenvalue weighted by Gasteiger charge is -2.10. The van der Waals surface area contributed by atoms with Crippen LogP contribution in [0, 0.1) is 6.92 Å². The average Bonchev–Trinajstić information content (AvgIpc) is 2.30. The summed E-state index contributed by atoms with van der Waals surface area (Å²) in [6.45, 7) is 1.88. The van der Waals surface area contributed by atoms with Crippen molar-refractivity contribution < 1.29 is 9.53 Å². The number of hydrogen-bond donors (Lipinski definition) is 2. The molecule has 0 spiro atoms. The number of rotatable bonds is 2. The molecule has 0 atom stereocenters. The van der Waals surface area contributed by atoms with Crippen LogP contribution in [0.4, 0.5) is 5.69 Å². The second-order valence-corrected chi connectivity index (χ2v) is 4.19. The average molecular weight is 268 g/mol. The molecule has 1 rings (SSSR count). The maximum Gasteiger partial charge on any atom is 0.337 e. The first kappa shape index (κ1) is 13.5. The van der Waals surface area contributed by atoms with E-state index in [-0.39, 0.29) is 9.98 Å². The molecule has 1 aromatic carbocycles. The smallest absolute Gasteiger partial charge is 0.337 e. The summed E-state index contributed by atoms with van der Waals surface area (Å²) < 4.78 is 4.63. The molecule has 0 saturated carbocycles. The number of thiocarbonyl (C=S) groups is 2. The summed E-state index contributed by atoms with van der Waals surface area (Å²) in [4.78, 5) is 11.7. The van der Waals surface area contributed by atoms with Gasteiger partial charge in [-0.2, -0.15) is 0 Å². The Morgan fingerprint density at radius 1 is 1.41 bits per heavy atom. The number of hydrogen-bond acceptors (Lipinski definition) is 4. The normalized spacial score (nSPS) is 9.53. The van der Waals surface area contributed by atoms with Gasteiger partial charge in [0.25, 0.3) is 0 Å². The number of aryl methyl sites for hydroxylation is 1. The minimum atomic E-state index is -0.408. The SMILES string of the molecule is COC(=O)c1ccc(C)c(NC(=S)C(N)=S)c1. The number of nitrogens with one attached hydrogen (secondary N) is 1. The van der Waals surface area contributed by atoms with Gasteiger partial charge in [0, 0.05) is 5.69 Å². The Morgan fingerprint density at radius 2 is 2.06 bits per heavy atom. The van der Waals surface area contributed by atoms with Crippen molar-refractivity contribution in [3.63, 3.8) is 0 Å². The fourth-order valence-corrected chi connectivity index (χ4v) is 1.35. The Morgan fingerprint density at radius 3 is 2.59 bits per heavy atom. The van der Waals surface area contributed by atoms with Gasteiger partial charge in [0.05, 0.1) is 12.7 Å². The number of benzene rings is 1. The van der Waals surface area contributed by atoms with Crippen molar-refractivity contribution in [2.45, 2.75) is 6.92 Å². The van der Waals surface area contributed by atoms with Crippen molar-refractivity contribution in [2.75, 3.05) is 12.4 Å². The third kappa shape index (κ3) is 3.47. The van der Waals surface area contributed by atoms with E-state index in [0.29, 0.717) is 11.3 Å². The summed E-state index contributed by atoms with van der Waals surface area (Å²) in [7, 11) is 1.33. The Labute approximate surface area is 110 Å². The molecule has 0 aliphatic heterocycles. The van der Waals surface area contributed by atoms with Crippen LogP contribution in [-0.2, 0) is 4.74 Å². The van der Waals surface area contributed by atoms with Gasteiger partial charge in [-0.1, -0.05) is 30.5 Å². The van der Waals surface area contributed by atoms with Crippen LogP contribution in [0.25, 0.3) is 0 Å². The summed E-state index contributed by atoms with van der Waals surface area (Å²) in [5, 5.41) is 2.89. The minimum Gasteiger partial charge on any atom is -0.465 e. The van der Waals surface area contributed by atoms with E-state index in [2.05, 4.69) is 10.1 Å². The zero-order chi connectivity index (χ0) is 13.0. The van der Waals surface area contributed by atoms with Gasteiger partial charge in [0.2, 0.25) is 0 Å². The molecular weight excluding hydrogens is 256 g/mol. The molecule has 17 heavy (non-hydrogen) atoms. The topological polar surface area (TPSA) is 64.3 Å². The molecule has 0 aliphatic carbocycles. The highest BCUT2D eigenvalue weighted by atomic mass is 32.1. The lowest BCUT2D eigenvalue weighted by atomic mass is 10.1. The largest absolute Gasteiger partial charge is 0.465 e. The van der Waals surface area contributed by atoms with E-state index in [0.717, 1.165) is 5.56 Å². The number of esters is 1. The summed E-state index contributed by atoms with van der Waals surface area (Å²) in [6.07, 6.45) is 0. The predicted octanol–water partition coefficient (Wildman–Crippen LogP) is 1.81. The second-order valence-electron chi connectivity index (χ2n) is 3.34. The zero-order valence-corrected chi connectivity index (χ0v) is 11.1. The number of carbonyl (C=O) groups is 1. The molecule has 0 heterocycles. The minimum absolute atomic E-state index is 0.114. The molecule has 0 aromatic heterocycles. The Bertz CT molecular complexity index is 486. The van der Waals surface area contributed by atoms with Gasteiger partial charge >= 0.3 is 5.97 Å². The van der Waals surface area contributed by atoms with Crippen LogP contribution < -0.4 is 11.1 Å². The Hall–Kier alpha value is -1.53. The van der Waals surface area contributed by atoms with Crippen molar-refractivity contribution in [2.24, 2.45) is 5.73 Å². The lowest BCUT2D eigenvalue weighted by Crippen LogP contribution is -2.26. The van der Waals surface area contributed by atoms with E-state index < -0.39 is 5.97 Å². The molecule has 0 radical (unpaired) electrons. The fourth-order valence-electron chi connectivity index (χ4n) is 1.19. The third-order valence-electron chi connectivity index (χ3n) is 2.13. The van der Waals surface area contributed by atoms with Crippen molar-refractivity contribution in [1.29, 1.82) is 0 Å². The van der Waals surface area contributed by atoms with Gasteiger partial charge < -0.3 is 15.8 Å². The highest BCUT2D eigenvalue weighted by Gasteiger charge is 2.09. The van der Waals surface area contributed by atoms with Gasteiger partial charge in [-0.05, 0) is 24.6 Å². The van der Waals surface area contributed by atoms with Crippen molar-refractivity contribution in [3.05, 3.63) is 29.3 Å². The number of ether oxygens (including phenoxy) is 1. The molecule has 4 nitrogen and oxygen atoms in total. The quantitative estimate of drug-likeness (QED) is 0.630. The molecule has 3 N–H and O–H groups in total. The molecule has 90 valence electrons. The van der Waals surface area contributed by atoms with Gasteiger partial charge in [-0.25, -0.2) is 4.79 Å². The molecule has 0 amide bonds. The summed E-state index contributed by atoms with van der Waals surface area (Å²) in [5.74, 6) is -0.408. The Balaban J connectivity index is 3.02. The van der Waals surface area contributed by atoms with Gasteiger partial charge in [-0.3, -0.25) is 0 Å². The van der Waals surface area contributed by atoms with Crippen LogP contribution in [0.2, 0.25) is 0 Å². The standard InChI is InChI=1S/C11H12N2O2S2/c1-6-3-4-7(11(14)15-2)5-8(6)13-10(17)9(12)16/h3-5H,1-2H3,(H2,12,16)(H,13,17). The van der Waals surface area contributed by atoms with Crippen molar-refractivity contribution in [3.8, 4) is 0 Å². The van der Waals surface area contributed by atoms with Gasteiger partial charge in [-0.15, -0.1) is 0 Å². The highest BCUT2D eigenvalue weighted by Crippen LogP contribution is 2.17. The first-order valence-corrected chi connectivity index (χ1v) is 5.57. The molecule has 0 fully saturated rings. The highest BCUT2D eigenvalue weighted by molar-refractivity contribution is 7.89. The van der Waals surface area contributed by atoms with Crippen molar-refractivity contribution in [1.82, 2.24) is 0 Å². The van der Waals surface area contributed by atoms with Gasteiger partial charge in [0.15, 0.2) is 0 Å². The van der Waals surface area contributed by atoms with Gasteiger partial charge in [0.1, 0.15) is 9.98 Å². The fraction of sp³-hybridized carbons (Fsp3) is 0.182. The number of nitrogens with two attached hydrogens (primary N) is 1. The van der Waals surface area contributed by atoms with E-state index in [9.17, 15) is 4.79 Å². The van der Waals surface area contributed by atoms with E-state index in [1.165, 1.54) is 7.11 Å². The monoisotopic (exact) mass is 268 g/mol. The van der Waals surface area contributed by atoms with Crippen LogP contribution in [0.15, 0.2) is 18.2 Å². The van der Waals surface area contributed by atoms with Crippen LogP contribution in [0.1, 0.15) is 15.9 Å². The van der Waals surface area contributed by atoms with E-state index in [4.69, 9.17) is 30.2 Å². The first-order valence-electron chi connectivity index (χ1n) is 4.75. The lowest BCUT2D eigenvalue weighted by molar-refractivity contribution is 0.0601. The molecular formula is C11H12N2O2S2. The molecule has 0 saturated heterocycles. The van der Waals surface area contributed by atoms with E-state index >= 15 is 0 Å².